The van der Waals surface area contributed by atoms with Gasteiger partial charge in [0.15, 0.2) is 5.96 Å². The normalized spacial score (nSPS) is 16.3. The molecule has 0 spiro atoms. The highest BCUT2D eigenvalue weighted by molar-refractivity contribution is 14.0. The van der Waals surface area contributed by atoms with E-state index in [0.717, 1.165) is 63.4 Å². The third-order valence-electron chi connectivity index (χ3n) is 5.18. The van der Waals surface area contributed by atoms with Crippen molar-refractivity contribution >= 4 is 35.9 Å². The summed E-state index contributed by atoms with van der Waals surface area (Å²) in [4.78, 5) is 18.1. The number of benzene rings is 1. The number of hydrogen-bond acceptors (Lipinski definition) is 4. The zero-order chi connectivity index (χ0) is 20.2. The molecule has 29 heavy (non-hydrogen) atoms. The second-order valence-electron chi connectivity index (χ2n) is 7.15. The maximum Gasteiger partial charge on any atom is 0.305 e. The van der Waals surface area contributed by atoms with Gasteiger partial charge >= 0.3 is 5.97 Å². The van der Waals surface area contributed by atoms with Gasteiger partial charge in [0, 0.05) is 39.0 Å². The van der Waals surface area contributed by atoms with Gasteiger partial charge in [0.1, 0.15) is 5.75 Å². The van der Waals surface area contributed by atoms with Gasteiger partial charge in [0.2, 0.25) is 0 Å². The van der Waals surface area contributed by atoms with E-state index in [4.69, 9.17) is 9.47 Å². The largest absolute Gasteiger partial charge is 0.497 e. The van der Waals surface area contributed by atoms with Crippen molar-refractivity contribution in [1.82, 2.24) is 10.2 Å². The fraction of sp³-hybridized carbons (Fsp3) is 0.636. The molecule has 0 saturated carbocycles. The monoisotopic (exact) mass is 517 g/mol. The fourth-order valence-electron chi connectivity index (χ4n) is 3.61. The number of esters is 1. The Labute approximate surface area is 192 Å². The third-order valence-corrected chi connectivity index (χ3v) is 5.18. The SMILES string of the molecule is CCOC(=O)CCCCCCNC(=NC)N1CCC(c2ccc(OC)cc2)C1.I. The number of carbonyl (C=O) groups excluding carboxylic acids is 1. The molecule has 1 aromatic carbocycles. The molecular formula is C22H36IN3O3. The highest BCUT2D eigenvalue weighted by Crippen LogP contribution is 2.28. The lowest BCUT2D eigenvalue weighted by Gasteiger charge is -2.22. The van der Waals surface area contributed by atoms with Crippen LogP contribution in [0.25, 0.3) is 0 Å². The Morgan fingerprint density at radius 2 is 1.93 bits per heavy atom. The van der Waals surface area contributed by atoms with E-state index in [9.17, 15) is 4.79 Å². The summed E-state index contributed by atoms with van der Waals surface area (Å²) in [5, 5.41) is 3.49. The van der Waals surface area contributed by atoms with Crippen LogP contribution in [0.1, 0.15) is 56.9 Å². The zero-order valence-electron chi connectivity index (χ0n) is 18.0. The molecule has 1 aliphatic rings. The molecule has 1 atom stereocenters. The Kier molecular flexibility index (Phi) is 12.7. The number of hydrogen-bond donors (Lipinski definition) is 1. The van der Waals surface area contributed by atoms with Gasteiger partial charge in [-0.25, -0.2) is 0 Å². The minimum Gasteiger partial charge on any atom is -0.497 e. The highest BCUT2D eigenvalue weighted by Gasteiger charge is 2.25. The molecule has 0 aliphatic carbocycles. The number of guanidine groups is 1. The van der Waals surface area contributed by atoms with Crippen LogP contribution in [0, 0.1) is 0 Å². The van der Waals surface area contributed by atoms with Crippen LogP contribution in [0.5, 0.6) is 5.75 Å². The number of aliphatic imine (C=N–C) groups is 1. The van der Waals surface area contributed by atoms with Crippen LogP contribution < -0.4 is 10.1 Å². The minimum atomic E-state index is -0.0820. The third kappa shape index (κ3) is 8.80. The van der Waals surface area contributed by atoms with Crippen molar-refractivity contribution in [2.45, 2.75) is 51.4 Å². The Bertz CT molecular complexity index is 622. The second-order valence-corrected chi connectivity index (χ2v) is 7.15. The molecule has 1 aromatic rings. The van der Waals surface area contributed by atoms with Crippen LogP contribution in [0.2, 0.25) is 0 Å². The van der Waals surface area contributed by atoms with E-state index < -0.39 is 0 Å². The molecular weight excluding hydrogens is 481 g/mol. The van der Waals surface area contributed by atoms with E-state index >= 15 is 0 Å². The minimum absolute atomic E-state index is 0. The Morgan fingerprint density at radius 3 is 2.59 bits per heavy atom. The van der Waals surface area contributed by atoms with Crippen molar-refractivity contribution in [1.29, 1.82) is 0 Å². The number of unbranched alkanes of at least 4 members (excludes halogenated alkanes) is 3. The van der Waals surface area contributed by atoms with E-state index in [2.05, 4.69) is 27.3 Å². The number of nitrogens with zero attached hydrogens (tertiary/aromatic N) is 2. The van der Waals surface area contributed by atoms with E-state index in [0.29, 0.717) is 18.9 Å². The molecule has 1 fully saturated rings. The van der Waals surface area contributed by atoms with Gasteiger partial charge in [-0.15, -0.1) is 24.0 Å². The lowest BCUT2D eigenvalue weighted by molar-refractivity contribution is -0.143. The Balaban J connectivity index is 0.00000420. The molecule has 1 aliphatic heterocycles. The van der Waals surface area contributed by atoms with Crippen LogP contribution in [0.15, 0.2) is 29.3 Å². The molecule has 164 valence electrons. The number of carbonyl (C=O) groups is 1. The molecule has 1 heterocycles. The highest BCUT2D eigenvalue weighted by atomic mass is 127. The van der Waals surface area contributed by atoms with Crippen molar-refractivity contribution in [2.24, 2.45) is 4.99 Å². The maximum absolute atomic E-state index is 11.3. The number of rotatable bonds is 10. The summed E-state index contributed by atoms with van der Waals surface area (Å²) in [6.45, 7) is 5.24. The zero-order valence-corrected chi connectivity index (χ0v) is 20.3. The molecule has 1 unspecified atom stereocenters. The van der Waals surface area contributed by atoms with Crippen LogP contribution in [-0.2, 0) is 9.53 Å². The first kappa shape index (κ1) is 25.5. The average Bonchev–Trinajstić information content (AvgIpc) is 3.20. The number of likely N-dealkylation sites (tertiary alicyclic amines) is 1. The van der Waals surface area contributed by atoms with E-state index in [-0.39, 0.29) is 29.9 Å². The number of halogens is 1. The summed E-state index contributed by atoms with van der Waals surface area (Å²) >= 11 is 0. The average molecular weight is 517 g/mol. The Morgan fingerprint density at radius 1 is 1.21 bits per heavy atom. The van der Waals surface area contributed by atoms with Gasteiger partial charge in [-0.05, 0) is 43.9 Å². The number of ether oxygens (including phenoxy) is 2. The van der Waals surface area contributed by atoms with Crippen molar-refractivity contribution in [3.05, 3.63) is 29.8 Å². The van der Waals surface area contributed by atoms with Crippen LogP contribution in [-0.4, -0.2) is 57.2 Å². The van der Waals surface area contributed by atoms with E-state index in [1.807, 2.05) is 26.1 Å². The van der Waals surface area contributed by atoms with Crippen molar-refractivity contribution in [3.63, 3.8) is 0 Å². The van der Waals surface area contributed by atoms with Gasteiger partial charge in [-0.2, -0.15) is 0 Å². The predicted octanol–water partition coefficient (Wildman–Crippen LogP) is 4.19. The quantitative estimate of drug-likeness (QED) is 0.166. The molecule has 7 heteroatoms. The standard InChI is InChI=1S/C22H35N3O3.HI/c1-4-28-21(26)9-7-5-6-8-15-24-22(23-2)25-16-14-19(17-25)18-10-12-20(27-3)13-11-18;/h10-13,19H,4-9,14-17H2,1-3H3,(H,23,24);1H. The second kappa shape index (κ2) is 14.5. The van der Waals surface area contributed by atoms with Crippen molar-refractivity contribution in [2.75, 3.05) is 40.4 Å². The predicted molar refractivity (Wildman–Crippen MR) is 128 cm³/mol. The van der Waals surface area contributed by atoms with Gasteiger partial charge in [0.25, 0.3) is 0 Å². The topological polar surface area (TPSA) is 63.2 Å². The maximum atomic E-state index is 11.3. The molecule has 1 N–H and O–H groups in total. The first-order valence-corrected chi connectivity index (χ1v) is 10.4. The molecule has 1 saturated heterocycles. The van der Waals surface area contributed by atoms with Crippen LogP contribution in [0.3, 0.4) is 0 Å². The van der Waals surface area contributed by atoms with Gasteiger partial charge < -0.3 is 19.7 Å². The number of methoxy groups -OCH3 is 1. The van der Waals surface area contributed by atoms with E-state index in [1.165, 1.54) is 5.56 Å². The fourth-order valence-corrected chi connectivity index (χ4v) is 3.61. The first-order chi connectivity index (χ1) is 13.7. The van der Waals surface area contributed by atoms with Crippen molar-refractivity contribution in [3.8, 4) is 5.75 Å². The summed E-state index contributed by atoms with van der Waals surface area (Å²) in [5.41, 5.74) is 1.36. The van der Waals surface area contributed by atoms with E-state index in [1.54, 1.807) is 7.11 Å². The number of nitrogens with one attached hydrogen (secondary N) is 1. The van der Waals surface area contributed by atoms with Gasteiger partial charge in [0.05, 0.1) is 13.7 Å². The molecule has 0 bridgehead atoms. The smallest absolute Gasteiger partial charge is 0.305 e. The molecule has 2 rings (SSSR count). The van der Waals surface area contributed by atoms with Gasteiger partial charge in [-0.1, -0.05) is 25.0 Å². The first-order valence-electron chi connectivity index (χ1n) is 10.4. The van der Waals surface area contributed by atoms with Crippen molar-refractivity contribution < 1.29 is 14.3 Å². The van der Waals surface area contributed by atoms with Crippen LogP contribution in [0.4, 0.5) is 0 Å². The summed E-state index contributed by atoms with van der Waals surface area (Å²) in [6.07, 6.45) is 5.82. The summed E-state index contributed by atoms with van der Waals surface area (Å²) in [5.74, 6) is 2.34. The lowest BCUT2D eigenvalue weighted by atomic mass is 9.98. The summed E-state index contributed by atoms with van der Waals surface area (Å²) in [6, 6.07) is 8.40. The lowest BCUT2D eigenvalue weighted by Crippen LogP contribution is -2.40. The van der Waals surface area contributed by atoms with Crippen LogP contribution >= 0.6 is 24.0 Å². The summed E-state index contributed by atoms with van der Waals surface area (Å²) in [7, 11) is 3.55. The molecule has 6 nitrogen and oxygen atoms in total. The molecule has 0 radical (unpaired) electrons. The van der Waals surface area contributed by atoms with Gasteiger partial charge in [-0.3, -0.25) is 9.79 Å². The Hall–Kier alpha value is -1.51. The molecule has 0 amide bonds. The molecule has 0 aromatic heterocycles. The summed E-state index contributed by atoms with van der Waals surface area (Å²) < 4.78 is 10.2.